The molecule has 2 aromatic carbocycles. The lowest BCUT2D eigenvalue weighted by Gasteiger charge is -2.18. The van der Waals surface area contributed by atoms with E-state index in [9.17, 15) is 24.5 Å². The molecule has 3 amide bonds. The number of hydrogen-bond acceptors (Lipinski definition) is 6. The molecular formula is C25H23ClN4O5. The second-order valence-corrected chi connectivity index (χ2v) is 9.59. The first-order valence-electron chi connectivity index (χ1n) is 11.4. The van der Waals surface area contributed by atoms with Gasteiger partial charge in [0.15, 0.2) is 0 Å². The molecular weight excluding hydrogens is 472 g/mol. The summed E-state index contributed by atoms with van der Waals surface area (Å²) in [6.45, 7) is 2.09. The van der Waals surface area contributed by atoms with Crippen molar-refractivity contribution in [3.05, 3.63) is 74.8 Å². The van der Waals surface area contributed by atoms with E-state index in [1.54, 1.807) is 18.2 Å². The van der Waals surface area contributed by atoms with Gasteiger partial charge in [-0.05, 0) is 55.0 Å². The van der Waals surface area contributed by atoms with Crippen molar-refractivity contribution in [2.24, 2.45) is 23.7 Å². The standard InChI is InChI=1S/C25H23ClN4O5/c1-13-2-6-17(26)12-19(13)28-23(31)16-5-7-18(20(11-16)30(34)35)27-8-9-29-24(32)21-14-3-4-15(10-14)22(21)25(29)33/h2-7,11-12,14-15,21-22,27H,8-10H2,1H3,(H,28,31). The van der Waals surface area contributed by atoms with Gasteiger partial charge in [-0.25, -0.2) is 0 Å². The number of nitro groups is 1. The summed E-state index contributed by atoms with van der Waals surface area (Å²) in [7, 11) is 0. The fourth-order valence-corrected chi connectivity index (χ4v) is 5.56. The van der Waals surface area contributed by atoms with Crippen LogP contribution < -0.4 is 10.6 Å². The predicted octanol–water partition coefficient (Wildman–Crippen LogP) is 4.03. The Morgan fingerprint density at radius 1 is 1.09 bits per heavy atom. The molecule has 2 aromatic rings. The number of nitrogens with zero attached hydrogens (tertiary/aromatic N) is 2. The summed E-state index contributed by atoms with van der Waals surface area (Å²) in [4.78, 5) is 50.7. The summed E-state index contributed by atoms with van der Waals surface area (Å²) in [5.74, 6) is -1.09. The molecule has 0 spiro atoms. The Morgan fingerprint density at radius 3 is 2.43 bits per heavy atom. The first-order valence-corrected chi connectivity index (χ1v) is 11.8. The Labute approximate surface area is 206 Å². The second-order valence-electron chi connectivity index (χ2n) is 9.16. The van der Waals surface area contributed by atoms with Gasteiger partial charge >= 0.3 is 0 Å². The number of hydrogen-bond donors (Lipinski definition) is 2. The van der Waals surface area contributed by atoms with Crippen molar-refractivity contribution in [1.29, 1.82) is 0 Å². The number of fused-ring (bicyclic) bond motifs is 5. The van der Waals surface area contributed by atoms with E-state index in [1.165, 1.54) is 23.1 Å². The van der Waals surface area contributed by atoms with Gasteiger partial charge < -0.3 is 10.6 Å². The number of amides is 3. The van der Waals surface area contributed by atoms with Gasteiger partial charge in [-0.3, -0.25) is 29.4 Å². The lowest BCUT2D eigenvalue weighted by atomic mass is 9.85. The number of aryl methyl sites for hydroxylation is 1. The van der Waals surface area contributed by atoms with Crippen molar-refractivity contribution in [2.45, 2.75) is 13.3 Å². The van der Waals surface area contributed by atoms with Crippen molar-refractivity contribution in [2.75, 3.05) is 23.7 Å². The van der Waals surface area contributed by atoms with Crippen LogP contribution in [0.4, 0.5) is 17.1 Å². The van der Waals surface area contributed by atoms with E-state index in [1.807, 2.05) is 19.1 Å². The van der Waals surface area contributed by atoms with Crippen molar-refractivity contribution in [3.8, 4) is 0 Å². The monoisotopic (exact) mass is 494 g/mol. The average Bonchev–Trinajstić information content (AvgIpc) is 3.51. The number of carbonyl (C=O) groups excluding carboxylic acids is 3. The molecule has 1 saturated heterocycles. The maximum Gasteiger partial charge on any atom is 0.293 e. The molecule has 3 aliphatic rings. The van der Waals surface area contributed by atoms with Crippen LogP contribution in [0.1, 0.15) is 22.3 Å². The maximum absolute atomic E-state index is 12.8. The zero-order valence-corrected chi connectivity index (χ0v) is 19.6. The van der Waals surface area contributed by atoms with E-state index in [2.05, 4.69) is 10.6 Å². The minimum atomic E-state index is -0.580. The molecule has 2 aliphatic carbocycles. The number of halogens is 1. The lowest BCUT2D eigenvalue weighted by molar-refractivity contribution is -0.384. The molecule has 5 rings (SSSR count). The summed E-state index contributed by atoms with van der Waals surface area (Å²) in [6.07, 6.45) is 4.93. The largest absolute Gasteiger partial charge is 0.378 e. The van der Waals surface area contributed by atoms with Crippen LogP contribution in [-0.4, -0.2) is 40.6 Å². The van der Waals surface area contributed by atoms with Crippen molar-refractivity contribution < 1.29 is 19.3 Å². The molecule has 4 unspecified atom stereocenters. The van der Waals surface area contributed by atoms with Gasteiger partial charge in [-0.15, -0.1) is 0 Å². The fourth-order valence-electron chi connectivity index (χ4n) is 5.38. The van der Waals surface area contributed by atoms with E-state index in [4.69, 9.17) is 11.6 Å². The lowest BCUT2D eigenvalue weighted by Crippen LogP contribution is -2.36. The van der Waals surface area contributed by atoms with Crippen molar-refractivity contribution in [1.82, 2.24) is 4.90 Å². The van der Waals surface area contributed by atoms with E-state index in [0.29, 0.717) is 10.7 Å². The molecule has 10 heteroatoms. The smallest absolute Gasteiger partial charge is 0.293 e. The third kappa shape index (κ3) is 4.05. The van der Waals surface area contributed by atoms with Crippen LogP contribution in [0, 0.1) is 40.7 Å². The Morgan fingerprint density at radius 2 is 1.77 bits per heavy atom. The number of nitro benzene ring substituents is 1. The number of anilines is 2. The zero-order chi connectivity index (χ0) is 24.9. The number of imide groups is 1. The van der Waals surface area contributed by atoms with Crippen LogP contribution in [0.3, 0.4) is 0 Å². The molecule has 2 bridgehead atoms. The molecule has 0 radical (unpaired) electrons. The normalized spacial score (nSPS) is 24.1. The SMILES string of the molecule is Cc1ccc(Cl)cc1NC(=O)c1ccc(NCCN2C(=O)C3C4C=CC(C4)C3C2=O)c([N+](=O)[O-])c1. The van der Waals surface area contributed by atoms with E-state index in [-0.39, 0.29) is 65.5 Å². The third-order valence-electron chi connectivity index (χ3n) is 7.12. The highest BCUT2D eigenvalue weighted by Gasteiger charge is 2.58. The Kier molecular flexibility index (Phi) is 5.80. The highest BCUT2D eigenvalue weighted by Crippen LogP contribution is 2.52. The molecule has 1 aliphatic heterocycles. The Balaban J connectivity index is 1.25. The average molecular weight is 495 g/mol. The molecule has 1 heterocycles. The van der Waals surface area contributed by atoms with Gasteiger partial charge in [-0.1, -0.05) is 29.8 Å². The highest BCUT2D eigenvalue weighted by molar-refractivity contribution is 6.31. The number of rotatable bonds is 7. The van der Waals surface area contributed by atoms with Crippen LogP contribution in [-0.2, 0) is 9.59 Å². The van der Waals surface area contributed by atoms with Gasteiger partial charge in [0, 0.05) is 35.4 Å². The van der Waals surface area contributed by atoms with Gasteiger partial charge in [0.2, 0.25) is 11.8 Å². The van der Waals surface area contributed by atoms with Crippen LogP contribution in [0.5, 0.6) is 0 Å². The van der Waals surface area contributed by atoms with Gasteiger partial charge in [-0.2, -0.15) is 0 Å². The molecule has 9 nitrogen and oxygen atoms in total. The minimum absolute atomic E-state index is 0.113. The summed E-state index contributed by atoms with van der Waals surface area (Å²) in [5, 5.41) is 17.8. The van der Waals surface area contributed by atoms with Crippen LogP contribution in [0.15, 0.2) is 48.6 Å². The number of likely N-dealkylation sites (tertiary alicyclic amines) is 1. The minimum Gasteiger partial charge on any atom is -0.378 e. The van der Waals surface area contributed by atoms with Crippen LogP contribution >= 0.6 is 11.6 Å². The topological polar surface area (TPSA) is 122 Å². The molecule has 180 valence electrons. The number of allylic oxidation sites excluding steroid dienone is 2. The molecule has 1 saturated carbocycles. The van der Waals surface area contributed by atoms with Crippen LogP contribution in [0.2, 0.25) is 5.02 Å². The third-order valence-corrected chi connectivity index (χ3v) is 7.35. The predicted molar refractivity (Wildman–Crippen MR) is 130 cm³/mol. The zero-order valence-electron chi connectivity index (χ0n) is 18.9. The molecule has 2 fully saturated rings. The summed E-state index contributed by atoms with van der Waals surface area (Å²) in [5.41, 5.74) is 1.35. The molecule has 2 N–H and O–H groups in total. The summed E-state index contributed by atoms with van der Waals surface area (Å²) >= 11 is 5.99. The molecule has 4 atom stereocenters. The Hall–Kier alpha value is -3.72. The second kappa shape index (κ2) is 8.81. The van der Waals surface area contributed by atoms with Gasteiger partial charge in [0.05, 0.1) is 16.8 Å². The highest BCUT2D eigenvalue weighted by atomic mass is 35.5. The number of nitrogens with one attached hydrogen (secondary N) is 2. The number of carbonyl (C=O) groups is 3. The number of benzene rings is 2. The molecule has 35 heavy (non-hydrogen) atoms. The van der Waals surface area contributed by atoms with Crippen molar-refractivity contribution in [3.63, 3.8) is 0 Å². The van der Waals surface area contributed by atoms with E-state index in [0.717, 1.165) is 12.0 Å². The van der Waals surface area contributed by atoms with E-state index >= 15 is 0 Å². The summed E-state index contributed by atoms with van der Waals surface area (Å²) in [6, 6.07) is 9.19. The quantitative estimate of drug-likeness (QED) is 0.259. The maximum atomic E-state index is 12.8. The van der Waals surface area contributed by atoms with Gasteiger partial charge in [0.25, 0.3) is 11.6 Å². The molecule has 0 aromatic heterocycles. The van der Waals surface area contributed by atoms with Gasteiger partial charge in [0.1, 0.15) is 5.69 Å². The van der Waals surface area contributed by atoms with Crippen LogP contribution in [0.25, 0.3) is 0 Å². The fraction of sp³-hybridized carbons (Fsp3) is 0.320. The van der Waals surface area contributed by atoms with E-state index < -0.39 is 10.8 Å². The summed E-state index contributed by atoms with van der Waals surface area (Å²) < 4.78 is 0. The van der Waals surface area contributed by atoms with Crippen molar-refractivity contribution >= 4 is 46.4 Å². The first-order chi connectivity index (χ1) is 16.7. The first kappa shape index (κ1) is 23.0. The Bertz CT molecular complexity index is 1260.